The molecule has 0 aliphatic heterocycles. The fourth-order valence-corrected chi connectivity index (χ4v) is 2.55. The largest absolute Gasteiger partial charge is 0.320 e. The van der Waals surface area contributed by atoms with Crippen LogP contribution in [-0.4, -0.2) is 15.9 Å². The third kappa shape index (κ3) is 3.40. The summed E-state index contributed by atoms with van der Waals surface area (Å²) in [5, 5.41) is 3.41. The van der Waals surface area contributed by atoms with Gasteiger partial charge in [-0.3, -0.25) is 4.79 Å². The summed E-state index contributed by atoms with van der Waals surface area (Å²) in [6, 6.07) is 14.6. The molecule has 0 saturated carbocycles. The van der Waals surface area contributed by atoms with E-state index in [1.807, 2.05) is 30.3 Å². The average Bonchev–Trinajstić information content (AvgIpc) is 2.59. The van der Waals surface area contributed by atoms with Gasteiger partial charge < -0.3 is 5.32 Å². The number of amides is 1. The van der Waals surface area contributed by atoms with Crippen molar-refractivity contribution in [3.8, 4) is 11.4 Å². The maximum atomic E-state index is 12.5. The molecule has 2 aromatic carbocycles. The van der Waals surface area contributed by atoms with E-state index in [0.717, 1.165) is 5.56 Å². The Morgan fingerprint density at radius 3 is 2.50 bits per heavy atom. The Morgan fingerprint density at radius 1 is 1.04 bits per heavy atom. The van der Waals surface area contributed by atoms with Crippen molar-refractivity contribution in [2.75, 3.05) is 5.32 Å². The SMILES string of the molecule is Cc1nc(-c2ccccc2)ncc1C(=O)Nc1cccc(Cl)c1Cl. The molecule has 120 valence electrons. The highest BCUT2D eigenvalue weighted by Crippen LogP contribution is 2.30. The first kappa shape index (κ1) is 16.4. The van der Waals surface area contributed by atoms with Crippen LogP contribution in [0.5, 0.6) is 0 Å². The molecule has 0 unspecified atom stereocenters. The van der Waals surface area contributed by atoms with Gasteiger partial charge in [0.15, 0.2) is 5.82 Å². The molecule has 1 heterocycles. The zero-order chi connectivity index (χ0) is 17.1. The van der Waals surface area contributed by atoms with E-state index in [2.05, 4.69) is 15.3 Å². The zero-order valence-corrected chi connectivity index (χ0v) is 14.3. The maximum absolute atomic E-state index is 12.5. The van der Waals surface area contributed by atoms with E-state index in [0.29, 0.717) is 32.8 Å². The van der Waals surface area contributed by atoms with Crippen LogP contribution >= 0.6 is 23.2 Å². The van der Waals surface area contributed by atoms with Crippen molar-refractivity contribution in [2.24, 2.45) is 0 Å². The lowest BCUT2D eigenvalue weighted by Crippen LogP contribution is -2.15. The summed E-state index contributed by atoms with van der Waals surface area (Å²) < 4.78 is 0. The van der Waals surface area contributed by atoms with Crippen molar-refractivity contribution in [3.05, 3.63) is 76.0 Å². The summed E-state index contributed by atoms with van der Waals surface area (Å²) in [7, 11) is 0. The van der Waals surface area contributed by atoms with Crippen molar-refractivity contribution in [1.29, 1.82) is 0 Å². The molecule has 4 nitrogen and oxygen atoms in total. The summed E-state index contributed by atoms with van der Waals surface area (Å²) in [4.78, 5) is 21.1. The molecule has 24 heavy (non-hydrogen) atoms. The molecular weight excluding hydrogens is 345 g/mol. The van der Waals surface area contributed by atoms with Gasteiger partial charge in [-0.25, -0.2) is 9.97 Å². The number of aromatic nitrogens is 2. The summed E-state index contributed by atoms with van der Waals surface area (Å²) in [6.07, 6.45) is 1.51. The summed E-state index contributed by atoms with van der Waals surface area (Å²) in [6.45, 7) is 1.77. The molecule has 0 atom stereocenters. The number of halogens is 2. The highest BCUT2D eigenvalue weighted by molar-refractivity contribution is 6.44. The number of anilines is 1. The number of carbonyl (C=O) groups is 1. The molecule has 6 heteroatoms. The minimum Gasteiger partial charge on any atom is -0.320 e. The predicted octanol–water partition coefficient (Wildman–Crippen LogP) is 5.01. The third-order valence-corrected chi connectivity index (χ3v) is 4.27. The van der Waals surface area contributed by atoms with E-state index in [9.17, 15) is 4.79 Å². The number of nitrogens with zero attached hydrogens (tertiary/aromatic N) is 2. The molecule has 1 aromatic heterocycles. The van der Waals surface area contributed by atoms with Gasteiger partial charge in [0, 0.05) is 11.8 Å². The second kappa shape index (κ2) is 6.99. The van der Waals surface area contributed by atoms with E-state index in [1.54, 1.807) is 25.1 Å². The zero-order valence-electron chi connectivity index (χ0n) is 12.8. The van der Waals surface area contributed by atoms with Crippen molar-refractivity contribution in [3.63, 3.8) is 0 Å². The molecule has 0 radical (unpaired) electrons. The second-order valence-electron chi connectivity index (χ2n) is 5.11. The Balaban J connectivity index is 1.87. The highest BCUT2D eigenvalue weighted by atomic mass is 35.5. The standard InChI is InChI=1S/C18H13Cl2N3O/c1-11-13(10-21-17(22-11)12-6-3-2-4-7-12)18(24)23-15-9-5-8-14(19)16(15)20/h2-10H,1H3,(H,23,24). The van der Waals surface area contributed by atoms with Crippen LogP contribution in [0.2, 0.25) is 10.0 Å². The van der Waals surface area contributed by atoms with Crippen molar-refractivity contribution in [2.45, 2.75) is 6.92 Å². The minimum atomic E-state index is -0.337. The number of aryl methyl sites for hydroxylation is 1. The molecule has 1 amide bonds. The monoisotopic (exact) mass is 357 g/mol. The van der Waals surface area contributed by atoms with Crippen LogP contribution in [0.4, 0.5) is 5.69 Å². The van der Waals surface area contributed by atoms with Gasteiger partial charge in [0.25, 0.3) is 5.91 Å². The summed E-state index contributed by atoms with van der Waals surface area (Å²) in [5.74, 6) is 0.238. The van der Waals surface area contributed by atoms with Gasteiger partial charge in [-0.05, 0) is 19.1 Å². The molecule has 0 fully saturated rings. The van der Waals surface area contributed by atoms with Gasteiger partial charge in [-0.15, -0.1) is 0 Å². The van der Waals surface area contributed by atoms with Gasteiger partial charge in [0.2, 0.25) is 0 Å². The van der Waals surface area contributed by atoms with Crippen LogP contribution in [0.3, 0.4) is 0 Å². The van der Waals surface area contributed by atoms with E-state index in [4.69, 9.17) is 23.2 Å². The van der Waals surface area contributed by atoms with E-state index in [-0.39, 0.29) is 5.91 Å². The molecule has 0 aliphatic rings. The van der Waals surface area contributed by atoms with Gasteiger partial charge in [0.05, 0.1) is 27.0 Å². The minimum absolute atomic E-state index is 0.298. The number of nitrogens with one attached hydrogen (secondary N) is 1. The molecule has 3 aromatic rings. The van der Waals surface area contributed by atoms with E-state index < -0.39 is 0 Å². The lowest BCUT2D eigenvalue weighted by Gasteiger charge is -2.10. The van der Waals surface area contributed by atoms with Crippen LogP contribution in [0.15, 0.2) is 54.7 Å². The third-order valence-electron chi connectivity index (χ3n) is 3.46. The molecule has 0 spiro atoms. The van der Waals surface area contributed by atoms with Crippen molar-refractivity contribution < 1.29 is 4.79 Å². The van der Waals surface area contributed by atoms with Crippen LogP contribution in [0.1, 0.15) is 16.1 Å². The average molecular weight is 358 g/mol. The maximum Gasteiger partial charge on any atom is 0.259 e. The summed E-state index contributed by atoms with van der Waals surface area (Å²) >= 11 is 12.0. The number of rotatable bonds is 3. The predicted molar refractivity (Wildman–Crippen MR) is 96.6 cm³/mol. The van der Waals surface area contributed by atoms with Gasteiger partial charge in [0.1, 0.15) is 0 Å². The Labute approximate surface area is 149 Å². The highest BCUT2D eigenvalue weighted by Gasteiger charge is 2.14. The Hall–Kier alpha value is -2.43. The number of hydrogen-bond acceptors (Lipinski definition) is 3. The van der Waals surface area contributed by atoms with Crippen LogP contribution in [0, 0.1) is 6.92 Å². The molecule has 1 N–H and O–H groups in total. The van der Waals surface area contributed by atoms with Crippen LogP contribution in [-0.2, 0) is 0 Å². The van der Waals surface area contributed by atoms with Crippen LogP contribution < -0.4 is 5.32 Å². The fraction of sp³-hybridized carbons (Fsp3) is 0.0556. The van der Waals surface area contributed by atoms with Crippen molar-refractivity contribution in [1.82, 2.24) is 9.97 Å². The number of carbonyl (C=O) groups excluding carboxylic acids is 1. The smallest absolute Gasteiger partial charge is 0.259 e. The lowest BCUT2D eigenvalue weighted by atomic mass is 10.2. The first-order valence-corrected chi connectivity index (χ1v) is 7.96. The van der Waals surface area contributed by atoms with E-state index >= 15 is 0 Å². The van der Waals surface area contributed by atoms with Crippen molar-refractivity contribution >= 4 is 34.8 Å². The van der Waals surface area contributed by atoms with E-state index in [1.165, 1.54) is 6.20 Å². The quantitative estimate of drug-likeness (QED) is 0.716. The topological polar surface area (TPSA) is 54.9 Å². The Morgan fingerprint density at radius 2 is 1.79 bits per heavy atom. The first-order chi connectivity index (χ1) is 11.6. The fourth-order valence-electron chi connectivity index (χ4n) is 2.21. The molecular formula is C18H13Cl2N3O. The van der Waals surface area contributed by atoms with Gasteiger partial charge in [-0.2, -0.15) is 0 Å². The number of benzene rings is 2. The molecule has 3 rings (SSSR count). The first-order valence-electron chi connectivity index (χ1n) is 7.20. The lowest BCUT2D eigenvalue weighted by molar-refractivity contribution is 0.102. The van der Waals surface area contributed by atoms with Crippen LogP contribution in [0.25, 0.3) is 11.4 Å². The molecule has 0 saturated heterocycles. The second-order valence-corrected chi connectivity index (χ2v) is 5.90. The van der Waals surface area contributed by atoms with Gasteiger partial charge >= 0.3 is 0 Å². The summed E-state index contributed by atoms with van der Waals surface area (Å²) in [5.41, 5.74) is 2.30. The normalized spacial score (nSPS) is 10.5. The Kier molecular flexibility index (Phi) is 4.79. The van der Waals surface area contributed by atoms with Gasteiger partial charge in [-0.1, -0.05) is 59.6 Å². The number of hydrogen-bond donors (Lipinski definition) is 1. The molecule has 0 bridgehead atoms. The Bertz CT molecular complexity index is 898. The molecule has 0 aliphatic carbocycles.